The molecule has 0 radical (unpaired) electrons. The van der Waals surface area contributed by atoms with Crippen LogP contribution in [0.5, 0.6) is 0 Å². The third kappa shape index (κ3) is 2.16. The van der Waals surface area contributed by atoms with Gasteiger partial charge in [0.15, 0.2) is 0 Å². The largest absolute Gasteiger partial charge is 0.355 e. The average molecular weight is 128 g/mol. The SMILES string of the molecule is C=CCC1COCOC1. The molecule has 1 saturated heterocycles. The minimum absolute atomic E-state index is 0.466. The molecule has 0 atom stereocenters. The highest BCUT2D eigenvalue weighted by Crippen LogP contribution is 2.09. The van der Waals surface area contributed by atoms with Crippen LogP contribution < -0.4 is 0 Å². The van der Waals surface area contributed by atoms with Gasteiger partial charge >= 0.3 is 0 Å². The van der Waals surface area contributed by atoms with Gasteiger partial charge < -0.3 is 9.47 Å². The lowest BCUT2D eigenvalue weighted by atomic mass is 10.1. The van der Waals surface area contributed by atoms with E-state index in [9.17, 15) is 0 Å². The number of hydrogen-bond donors (Lipinski definition) is 0. The summed E-state index contributed by atoms with van der Waals surface area (Å²) in [4.78, 5) is 0. The second-order valence-corrected chi connectivity index (χ2v) is 2.25. The molecular formula is C7H12O2. The van der Waals surface area contributed by atoms with Gasteiger partial charge in [-0.25, -0.2) is 0 Å². The summed E-state index contributed by atoms with van der Waals surface area (Å²) in [5.41, 5.74) is 0. The molecule has 0 N–H and O–H groups in total. The minimum Gasteiger partial charge on any atom is -0.355 e. The molecule has 2 nitrogen and oxygen atoms in total. The van der Waals surface area contributed by atoms with Crippen molar-refractivity contribution in [2.45, 2.75) is 6.42 Å². The molecule has 52 valence electrons. The van der Waals surface area contributed by atoms with Gasteiger partial charge in [0.25, 0.3) is 0 Å². The summed E-state index contributed by atoms with van der Waals surface area (Å²) in [6.45, 7) is 5.76. The first-order valence-electron chi connectivity index (χ1n) is 3.20. The summed E-state index contributed by atoms with van der Waals surface area (Å²) >= 11 is 0. The highest BCUT2D eigenvalue weighted by molar-refractivity contribution is 4.73. The summed E-state index contributed by atoms with van der Waals surface area (Å²) in [6, 6.07) is 0. The van der Waals surface area contributed by atoms with Gasteiger partial charge in [-0.2, -0.15) is 0 Å². The van der Waals surface area contributed by atoms with Crippen molar-refractivity contribution in [2.75, 3.05) is 20.0 Å². The molecule has 1 fully saturated rings. The molecule has 0 aliphatic carbocycles. The summed E-state index contributed by atoms with van der Waals surface area (Å²) in [6.07, 6.45) is 2.91. The zero-order valence-corrected chi connectivity index (χ0v) is 5.51. The number of ether oxygens (including phenoxy) is 2. The molecule has 0 aromatic heterocycles. The molecule has 0 saturated carbocycles. The Hall–Kier alpha value is -0.340. The van der Waals surface area contributed by atoms with Gasteiger partial charge in [-0.15, -0.1) is 6.58 Å². The van der Waals surface area contributed by atoms with E-state index in [1.807, 2.05) is 6.08 Å². The molecule has 0 spiro atoms. The van der Waals surface area contributed by atoms with Crippen molar-refractivity contribution in [3.8, 4) is 0 Å². The van der Waals surface area contributed by atoms with Crippen molar-refractivity contribution in [3.63, 3.8) is 0 Å². The van der Waals surface area contributed by atoms with E-state index >= 15 is 0 Å². The van der Waals surface area contributed by atoms with Crippen molar-refractivity contribution in [3.05, 3.63) is 12.7 Å². The Bertz CT molecular complexity index is 84.9. The van der Waals surface area contributed by atoms with E-state index in [1.165, 1.54) is 0 Å². The topological polar surface area (TPSA) is 18.5 Å². The van der Waals surface area contributed by atoms with E-state index in [1.54, 1.807) is 0 Å². The van der Waals surface area contributed by atoms with Crippen LogP contribution in [0.1, 0.15) is 6.42 Å². The molecule has 1 rings (SSSR count). The second kappa shape index (κ2) is 3.64. The minimum atomic E-state index is 0.466. The standard InChI is InChI=1S/C7H12O2/c1-2-3-7-4-8-6-9-5-7/h2,7H,1,3-6H2. The van der Waals surface area contributed by atoms with Crippen LogP contribution in [0.2, 0.25) is 0 Å². The van der Waals surface area contributed by atoms with Crippen LogP contribution in [-0.2, 0) is 9.47 Å². The molecule has 0 amide bonds. The highest BCUT2D eigenvalue weighted by atomic mass is 16.7. The first kappa shape index (κ1) is 6.78. The van der Waals surface area contributed by atoms with Crippen molar-refractivity contribution in [2.24, 2.45) is 5.92 Å². The van der Waals surface area contributed by atoms with Crippen molar-refractivity contribution in [1.82, 2.24) is 0 Å². The lowest BCUT2D eigenvalue weighted by Gasteiger charge is -2.20. The highest BCUT2D eigenvalue weighted by Gasteiger charge is 2.11. The first-order chi connectivity index (χ1) is 4.43. The third-order valence-electron chi connectivity index (χ3n) is 1.37. The van der Waals surface area contributed by atoms with Crippen molar-refractivity contribution in [1.29, 1.82) is 0 Å². The van der Waals surface area contributed by atoms with E-state index in [2.05, 4.69) is 6.58 Å². The Labute approximate surface area is 55.5 Å². The maximum atomic E-state index is 5.06. The van der Waals surface area contributed by atoms with Gasteiger partial charge in [0.2, 0.25) is 0 Å². The molecule has 0 aromatic rings. The van der Waals surface area contributed by atoms with Gasteiger partial charge in [-0.1, -0.05) is 6.08 Å². The van der Waals surface area contributed by atoms with Gasteiger partial charge in [0.1, 0.15) is 6.79 Å². The Morgan fingerprint density at radius 2 is 2.11 bits per heavy atom. The molecule has 2 heteroatoms. The second-order valence-electron chi connectivity index (χ2n) is 2.25. The third-order valence-corrected chi connectivity index (χ3v) is 1.37. The van der Waals surface area contributed by atoms with Crippen LogP contribution in [-0.4, -0.2) is 20.0 Å². The predicted octanol–water partition coefficient (Wildman–Crippen LogP) is 1.18. The van der Waals surface area contributed by atoms with E-state index in [4.69, 9.17) is 9.47 Å². The Morgan fingerprint density at radius 1 is 1.44 bits per heavy atom. The van der Waals surface area contributed by atoms with E-state index < -0.39 is 0 Å². The lowest BCUT2D eigenvalue weighted by molar-refractivity contribution is -0.124. The maximum Gasteiger partial charge on any atom is 0.146 e. The van der Waals surface area contributed by atoms with E-state index in [-0.39, 0.29) is 0 Å². The van der Waals surface area contributed by atoms with Crippen LogP contribution in [0.15, 0.2) is 12.7 Å². The molecule has 1 heterocycles. The molecule has 1 aliphatic rings. The number of rotatable bonds is 2. The fourth-order valence-corrected chi connectivity index (χ4v) is 0.908. The van der Waals surface area contributed by atoms with Gasteiger partial charge in [-0.05, 0) is 6.42 Å². The summed E-state index contributed by atoms with van der Waals surface area (Å²) in [5.74, 6) is 0.538. The van der Waals surface area contributed by atoms with E-state index in [0.29, 0.717) is 12.7 Å². The summed E-state index contributed by atoms with van der Waals surface area (Å²) < 4.78 is 10.1. The fourth-order valence-electron chi connectivity index (χ4n) is 0.908. The normalized spacial score (nSPS) is 21.8. The van der Waals surface area contributed by atoms with Crippen LogP contribution in [0, 0.1) is 5.92 Å². The first-order valence-corrected chi connectivity index (χ1v) is 3.20. The number of allylic oxidation sites excluding steroid dienone is 1. The van der Waals surface area contributed by atoms with Crippen LogP contribution in [0.3, 0.4) is 0 Å². The van der Waals surface area contributed by atoms with Crippen LogP contribution in [0.25, 0.3) is 0 Å². The lowest BCUT2D eigenvalue weighted by Crippen LogP contribution is -2.23. The monoisotopic (exact) mass is 128 g/mol. The molecule has 0 unspecified atom stereocenters. The zero-order chi connectivity index (χ0) is 6.53. The molecule has 0 aromatic carbocycles. The summed E-state index contributed by atoms with van der Waals surface area (Å²) in [5, 5.41) is 0. The van der Waals surface area contributed by atoms with Gasteiger partial charge in [0.05, 0.1) is 13.2 Å². The van der Waals surface area contributed by atoms with Crippen LogP contribution >= 0.6 is 0 Å². The zero-order valence-electron chi connectivity index (χ0n) is 5.51. The Morgan fingerprint density at radius 3 is 2.67 bits per heavy atom. The predicted molar refractivity (Wildman–Crippen MR) is 35.1 cm³/mol. The molecule has 1 aliphatic heterocycles. The summed E-state index contributed by atoms with van der Waals surface area (Å²) in [7, 11) is 0. The quantitative estimate of drug-likeness (QED) is 0.520. The Kier molecular flexibility index (Phi) is 2.74. The maximum absolute atomic E-state index is 5.06. The van der Waals surface area contributed by atoms with Gasteiger partial charge in [-0.3, -0.25) is 0 Å². The molecular weight excluding hydrogens is 116 g/mol. The average Bonchev–Trinajstić information content (AvgIpc) is 1.91. The molecule has 0 bridgehead atoms. The van der Waals surface area contributed by atoms with Gasteiger partial charge in [0, 0.05) is 5.92 Å². The fraction of sp³-hybridized carbons (Fsp3) is 0.714. The number of hydrogen-bond acceptors (Lipinski definition) is 2. The van der Waals surface area contributed by atoms with E-state index in [0.717, 1.165) is 19.6 Å². The van der Waals surface area contributed by atoms with Crippen molar-refractivity contribution < 1.29 is 9.47 Å². The van der Waals surface area contributed by atoms with Crippen LogP contribution in [0.4, 0.5) is 0 Å². The smallest absolute Gasteiger partial charge is 0.146 e. The molecule has 9 heavy (non-hydrogen) atoms. The Balaban J connectivity index is 2.15. The van der Waals surface area contributed by atoms with Crippen molar-refractivity contribution >= 4 is 0 Å².